The van der Waals surface area contributed by atoms with Gasteiger partial charge in [0.25, 0.3) is 5.91 Å². The summed E-state index contributed by atoms with van der Waals surface area (Å²) in [6, 6.07) is 19.5. The number of hydrogen-bond acceptors (Lipinski definition) is 4. The molecule has 0 atom stereocenters. The van der Waals surface area contributed by atoms with Crippen molar-refractivity contribution < 1.29 is 13.9 Å². The molecule has 5 nitrogen and oxygen atoms in total. The van der Waals surface area contributed by atoms with E-state index in [1.807, 2.05) is 44.2 Å². The summed E-state index contributed by atoms with van der Waals surface area (Å²) >= 11 is 6.18. The van der Waals surface area contributed by atoms with E-state index < -0.39 is 5.63 Å². The average Bonchev–Trinajstić information content (AvgIpc) is 2.75. The lowest BCUT2D eigenvalue weighted by Gasteiger charge is -2.11. The minimum Gasteiger partial charge on any atom is -0.492 e. The highest BCUT2D eigenvalue weighted by atomic mass is 35.5. The van der Waals surface area contributed by atoms with Gasteiger partial charge in [-0.15, -0.1) is 0 Å². The van der Waals surface area contributed by atoms with Gasteiger partial charge in [0.1, 0.15) is 11.3 Å². The van der Waals surface area contributed by atoms with Crippen molar-refractivity contribution in [2.24, 2.45) is 0 Å². The summed E-state index contributed by atoms with van der Waals surface area (Å²) in [6.07, 6.45) is 0. The number of nitrogens with one attached hydrogen (secondary N) is 1. The summed E-state index contributed by atoms with van der Waals surface area (Å²) in [7, 11) is 0. The normalized spacial score (nSPS) is 10.8. The topological polar surface area (TPSA) is 68.5 Å². The second kappa shape index (κ2) is 8.66. The van der Waals surface area contributed by atoms with Crippen molar-refractivity contribution >= 4 is 34.2 Å². The van der Waals surface area contributed by atoms with E-state index in [0.29, 0.717) is 39.8 Å². The lowest BCUT2D eigenvalue weighted by molar-refractivity contribution is 0.102. The first-order chi connectivity index (χ1) is 15.0. The molecule has 0 aliphatic carbocycles. The monoisotopic (exact) mass is 433 g/mol. The highest BCUT2D eigenvalue weighted by molar-refractivity contribution is 6.32. The van der Waals surface area contributed by atoms with Crippen molar-refractivity contribution in [1.82, 2.24) is 0 Å². The number of hydrogen-bond donors (Lipinski definition) is 1. The Hall–Kier alpha value is -3.57. The van der Waals surface area contributed by atoms with Crippen LogP contribution in [-0.4, -0.2) is 12.5 Å². The molecular formula is C25H20ClNO4. The minimum atomic E-state index is -0.400. The lowest BCUT2D eigenvalue weighted by Crippen LogP contribution is -2.12. The molecule has 1 N–H and O–H groups in total. The average molecular weight is 434 g/mol. The third-order valence-electron chi connectivity index (χ3n) is 4.91. The first-order valence-corrected chi connectivity index (χ1v) is 10.2. The Bertz CT molecular complexity index is 1340. The van der Waals surface area contributed by atoms with Gasteiger partial charge in [0.2, 0.25) is 0 Å². The molecule has 156 valence electrons. The van der Waals surface area contributed by atoms with Gasteiger partial charge in [-0.05, 0) is 67.4 Å². The fraction of sp³-hybridized carbons (Fsp3) is 0.120. The molecule has 4 rings (SSSR count). The number of aryl methyl sites for hydroxylation is 1. The van der Waals surface area contributed by atoms with Crippen LogP contribution in [0.5, 0.6) is 5.75 Å². The molecule has 3 aromatic carbocycles. The lowest BCUT2D eigenvalue weighted by atomic mass is 10.0. The molecule has 0 saturated carbocycles. The van der Waals surface area contributed by atoms with Gasteiger partial charge in [-0.25, -0.2) is 4.79 Å². The van der Waals surface area contributed by atoms with Crippen LogP contribution < -0.4 is 15.7 Å². The van der Waals surface area contributed by atoms with Crippen LogP contribution >= 0.6 is 11.6 Å². The number of benzene rings is 3. The molecule has 31 heavy (non-hydrogen) atoms. The van der Waals surface area contributed by atoms with Crippen LogP contribution in [0.3, 0.4) is 0 Å². The maximum absolute atomic E-state index is 12.6. The minimum absolute atomic E-state index is 0.290. The number of para-hydroxylation sites is 1. The summed E-state index contributed by atoms with van der Waals surface area (Å²) in [6.45, 7) is 4.24. The number of carbonyl (C=O) groups excluding carboxylic acids is 1. The highest BCUT2D eigenvalue weighted by Gasteiger charge is 2.13. The first kappa shape index (κ1) is 20.7. The molecule has 1 amide bonds. The van der Waals surface area contributed by atoms with Crippen molar-refractivity contribution in [2.75, 3.05) is 11.9 Å². The third-order valence-corrected chi connectivity index (χ3v) is 5.21. The molecule has 6 heteroatoms. The van der Waals surface area contributed by atoms with E-state index in [0.717, 1.165) is 16.5 Å². The van der Waals surface area contributed by atoms with Gasteiger partial charge in [0, 0.05) is 16.6 Å². The van der Waals surface area contributed by atoms with E-state index in [1.165, 1.54) is 0 Å². The zero-order valence-electron chi connectivity index (χ0n) is 17.1. The summed E-state index contributed by atoms with van der Waals surface area (Å²) in [5.41, 5.74) is 3.25. The Kier molecular flexibility index (Phi) is 5.78. The Morgan fingerprint density at radius 3 is 2.58 bits per heavy atom. The summed E-state index contributed by atoms with van der Waals surface area (Å²) in [5.74, 6) is 0.248. The largest absolute Gasteiger partial charge is 0.492 e. The van der Waals surface area contributed by atoms with Crippen LogP contribution in [0.4, 0.5) is 5.69 Å². The summed E-state index contributed by atoms with van der Waals surface area (Å²) in [5, 5.41) is 4.09. The Morgan fingerprint density at radius 1 is 1.03 bits per heavy atom. The first-order valence-electron chi connectivity index (χ1n) is 9.84. The van der Waals surface area contributed by atoms with Gasteiger partial charge in [0.15, 0.2) is 0 Å². The van der Waals surface area contributed by atoms with E-state index in [1.54, 1.807) is 36.4 Å². The standard InChI is InChI=1S/C25H20ClNO4/c1-3-30-23-11-8-17(14-21(23)26)24(28)27-18-9-10-19(15(2)12-18)20-13-16-6-4-5-7-22(16)31-25(20)29/h4-14H,3H2,1-2H3,(H,27,28). The van der Waals surface area contributed by atoms with Crippen LogP contribution in [-0.2, 0) is 0 Å². The smallest absolute Gasteiger partial charge is 0.344 e. The molecular weight excluding hydrogens is 414 g/mol. The van der Waals surface area contributed by atoms with Crippen LogP contribution in [0.25, 0.3) is 22.1 Å². The van der Waals surface area contributed by atoms with Crippen LogP contribution in [0.1, 0.15) is 22.8 Å². The molecule has 0 aliphatic rings. The molecule has 1 aromatic heterocycles. The predicted octanol–water partition coefficient (Wildman–Crippen LogP) is 6.07. The molecule has 0 spiro atoms. The third kappa shape index (κ3) is 4.32. The molecule has 0 radical (unpaired) electrons. The van der Waals surface area contributed by atoms with E-state index >= 15 is 0 Å². The number of amides is 1. The highest BCUT2D eigenvalue weighted by Crippen LogP contribution is 2.28. The predicted molar refractivity (Wildman–Crippen MR) is 123 cm³/mol. The fourth-order valence-electron chi connectivity index (χ4n) is 3.41. The molecule has 0 aliphatic heterocycles. The number of fused-ring (bicyclic) bond motifs is 1. The van der Waals surface area contributed by atoms with Crippen molar-refractivity contribution in [3.8, 4) is 16.9 Å². The van der Waals surface area contributed by atoms with Gasteiger partial charge in [-0.2, -0.15) is 0 Å². The van der Waals surface area contributed by atoms with Crippen LogP contribution in [0, 0.1) is 6.92 Å². The van der Waals surface area contributed by atoms with Crippen molar-refractivity contribution in [3.05, 3.63) is 93.3 Å². The van der Waals surface area contributed by atoms with Gasteiger partial charge in [-0.3, -0.25) is 4.79 Å². The van der Waals surface area contributed by atoms with Gasteiger partial charge >= 0.3 is 5.63 Å². The Balaban J connectivity index is 1.59. The summed E-state index contributed by atoms with van der Waals surface area (Å²) in [4.78, 5) is 25.1. The second-order valence-corrected chi connectivity index (χ2v) is 7.45. The summed E-state index contributed by atoms with van der Waals surface area (Å²) < 4.78 is 10.8. The number of ether oxygens (including phenoxy) is 1. The van der Waals surface area contributed by atoms with Crippen LogP contribution in [0.15, 0.2) is 75.9 Å². The quantitative estimate of drug-likeness (QED) is 0.387. The van der Waals surface area contributed by atoms with Gasteiger partial charge in [0.05, 0.1) is 17.2 Å². The van der Waals surface area contributed by atoms with E-state index in [-0.39, 0.29) is 5.91 Å². The van der Waals surface area contributed by atoms with Gasteiger partial charge in [-0.1, -0.05) is 35.9 Å². The SMILES string of the molecule is CCOc1ccc(C(=O)Nc2ccc(-c3cc4ccccc4oc3=O)c(C)c2)cc1Cl. The second-order valence-electron chi connectivity index (χ2n) is 7.05. The number of anilines is 1. The van der Waals surface area contributed by atoms with E-state index in [9.17, 15) is 9.59 Å². The van der Waals surface area contributed by atoms with Crippen molar-refractivity contribution in [1.29, 1.82) is 0 Å². The maximum Gasteiger partial charge on any atom is 0.344 e. The molecule has 0 unspecified atom stereocenters. The van der Waals surface area contributed by atoms with E-state index in [4.69, 9.17) is 20.8 Å². The number of rotatable bonds is 5. The van der Waals surface area contributed by atoms with Crippen LogP contribution in [0.2, 0.25) is 5.02 Å². The molecule has 0 saturated heterocycles. The molecule has 0 bridgehead atoms. The fourth-order valence-corrected chi connectivity index (χ4v) is 3.65. The number of carbonyl (C=O) groups is 1. The molecule has 0 fully saturated rings. The maximum atomic E-state index is 12.6. The zero-order valence-corrected chi connectivity index (χ0v) is 17.8. The number of halogens is 1. The zero-order chi connectivity index (χ0) is 22.0. The van der Waals surface area contributed by atoms with Crippen molar-refractivity contribution in [2.45, 2.75) is 13.8 Å². The van der Waals surface area contributed by atoms with E-state index in [2.05, 4.69) is 5.32 Å². The van der Waals surface area contributed by atoms with Gasteiger partial charge < -0.3 is 14.5 Å². The Morgan fingerprint density at radius 2 is 1.84 bits per heavy atom. The molecule has 1 heterocycles. The van der Waals surface area contributed by atoms with Crippen molar-refractivity contribution in [3.63, 3.8) is 0 Å². The Labute approximate surface area is 184 Å². The molecule has 4 aromatic rings.